The average molecular weight is 194 g/mol. The monoisotopic (exact) mass is 193 g/mol. The Morgan fingerprint density at radius 3 is 2.00 bits per heavy atom. The normalized spacial score (nSPS) is 13.5. The molecule has 11 heavy (non-hydrogen) atoms. The minimum absolute atomic E-state index is 0. The fraction of sp³-hybridized carbons (Fsp3) is 0.750. The summed E-state index contributed by atoms with van der Waals surface area (Å²) in [4.78, 5) is 9.75. The van der Waals surface area contributed by atoms with Crippen molar-refractivity contribution >= 4 is 18.4 Å². The highest BCUT2D eigenvalue weighted by molar-refractivity contribution is 5.85. The largest absolute Gasteiger partial charge is 0.480 e. The van der Waals surface area contributed by atoms with Crippen LogP contribution in [0.2, 0.25) is 0 Å². The SMILES string of the molecule is Cl.N[C@@H](CC(F)(F)F)C(=O)O. The highest BCUT2D eigenvalue weighted by Crippen LogP contribution is 2.20. The Morgan fingerprint density at radius 1 is 1.55 bits per heavy atom. The topological polar surface area (TPSA) is 63.3 Å². The zero-order valence-electron chi connectivity index (χ0n) is 5.26. The number of nitrogens with two attached hydrogens (primary N) is 1. The van der Waals surface area contributed by atoms with Crippen molar-refractivity contribution in [2.75, 3.05) is 0 Å². The molecule has 3 nitrogen and oxygen atoms in total. The smallest absolute Gasteiger partial charge is 0.391 e. The predicted molar refractivity (Wildman–Crippen MR) is 33.5 cm³/mol. The molecule has 0 bridgehead atoms. The molecule has 0 aliphatic heterocycles. The second kappa shape index (κ2) is 4.40. The van der Waals surface area contributed by atoms with Gasteiger partial charge in [-0.15, -0.1) is 12.4 Å². The molecule has 0 aliphatic rings. The lowest BCUT2D eigenvalue weighted by molar-refractivity contribution is -0.156. The zero-order chi connectivity index (χ0) is 8.36. The molecule has 0 aromatic heterocycles. The van der Waals surface area contributed by atoms with Gasteiger partial charge in [0.1, 0.15) is 6.04 Å². The van der Waals surface area contributed by atoms with E-state index in [0.29, 0.717) is 0 Å². The van der Waals surface area contributed by atoms with Crippen LogP contribution < -0.4 is 5.73 Å². The van der Waals surface area contributed by atoms with Crippen LogP contribution in [0.3, 0.4) is 0 Å². The molecule has 0 spiro atoms. The van der Waals surface area contributed by atoms with Gasteiger partial charge in [-0.25, -0.2) is 0 Å². The van der Waals surface area contributed by atoms with Gasteiger partial charge < -0.3 is 10.8 Å². The molecular weight excluding hydrogens is 186 g/mol. The van der Waals surface area contributed by atoms with Crippen molar-refractivity contribution in [3.8, 4) is 0 Å². The number of carboxylic acids is 1. The summed E-state index contributed by atoms with van der Waals surface area (Å²) >= 11 is 0. The predicted octanol–water partition coefficient (Wildman–Crippen LogP) is 0.773. The summed E-state index contributed by atoms with van der Waals surface area (Å²) in [6, 6.07) is -1.85. The van der Waals surface area contributed by atoms with Crippen molar-refractivity contribution in [3.05, 3.63) is 0 Å². The summed E-state index contributed by atoms with van der Waals surface area (Å²) in [7, 11) is 0. The molecule has 0 saturated carbocycles. The van der Waals surface area contributed by atoms with E-state index < -0.39 is 24.6 Å². The summed E-state index contributed by atoms with van der Waals surface area (Å²) in [6.45, 7) is 0. The van der Waals surface area contributed by atoms with E-state index in [0.717, 1.165) is 0 Å². The average Bonchev–Trinajstić information content (AvgIpc) is 1.60. The van der Waals surface area contributed by atoms with Crippen molar-refractivity contribution in [1.82, 2.24) is 0 Å². The standard InChI is InChI=1S/C4H6F3NO2.ClH/c5-4(6,7)1-2(8)3(9)10;/h2H,1,8H2,(H,9,10);1H/t2-;/m0./s1. The maximum absolute atomic E-state index is 11.3. The molecule has 3 N–H and O–H groups in total. The van der Waals surface area contributed by atoms with Gasteiger partial charge in [-0.2, -0.15) is 13.2 Å². The van der Waals surface area contributed by atoms with Crippen LogP contribution in [0.4, 0.5) is 13.2 Å². The van der Waals surface area contributed by atoms with Crippen molar-refractivity contribution < 1.29 is 23.1 Å². The molecule has 0 heterocycles. The lowest BCUT2D eigenvalue weighted by atomic mass is 10.2. The molecule has 0 radical (unpaired) electrons. The van der Waals surface area contributed by atoms with Crippen LogP contribution >= 0.6 is 12.4 Å². The third kappa shape index (κ3) is 7.41. The fourth-order valence-corrected chi connectivity index (χ4v) is 0.337. The van der Waals surface area contributed by atoms with E-state index >= 15 is 0 Å². The Balaban J connectivity index is 0. The quantitative estimate of drug-likeness (QED) is 0.681. The van der Waals surface area contributed by atoms with Gasteiger partial charge >= 0.3 is 12.1 Å². The molecule has 68 valence electrons. The minimum atomic E-state index is -4.50. The van der Waals surface area contributed by atoms with Gasteiger partial charge in [0.05, 0.1) is 6.42 Å². The number of carbonyl (C=O) groups is 1. The lowest BCUT2D eigenvalue weighted by Crippen LogP contribution is -2.34. The third-order valence-corrected chi connectivity index (χ3v) is 0.769. The Morgan fingerprint density at radius 2 is 1.91 bits per heavy atom. The first-order chi connectivity index (χ1) is 4.33. The van der Waals surface area contributed by atoms with Crippen LogP contribution in [0.15, 0.2) is 0 Å². The van der Waals surface area contributed by atoms with E-state index in [1.807, 2.05) is 0 Å². The van der Waals surface area contributed by atoms with E-state index in [2.05, 4.69) is 5.73 Å². The summed E-state index contributed by atoms with van der Waals surface area (Å²) < 4.78 is 34.0. The van der Waals surface area contributed by atoms with Crippen LogP contribution in [0.1, 0.15) is 6.42 Å². The van der Waals surface area contributed by atoms with Crippen LogP contribution in [0, 0.1) is 0 Å². The van der Waals surface area contributed by atoms with Crippen LogP contribution in [-0.2, 0) is 4.79 Å². The second-order valence-electron chi connectivity index (χ2n) is 1.76. The third-order valence-electron chi connectivity index (χ3n) is 0.769. The van der Waals surface area contributed by atoms with Gasteiger partial charge in [0.15, 0.2) is 0 Å². The fourth-order valence-electron chi connectivity index (χ4n) is 0.337. The Bertz CT molecular complexity index is 138. The number of halogens is 4. The van der Waals surface area contributed by atoms with Gasteiger partial charge in [-0.1, -0.05) is 0 Å². The van der Waals surface area contributed by atoms with Gasteiger partial charge in [0.25, 0.3) is 0 Å². The zero-order valence-corrected chi connectivity index (χ0v) is 6.08. The molecule has 0 fully saturated rings. The van der Waals surface area contributed by atoms with E-state index in [-0.39, 0.29) is 12.4 Å². The van der Waals surface area contributed by atoms with Crippen molar-refractivity contribution in [2.24, 2.45) is 5.73 Å². The van der Waals surface area contributed by atoms with Crippen LogP contribution in [-0.4, -0.2) is 23.3 Å². The highest BCUT2D eigenvalue weighted by atomic mass is 35.5. The molecule has 0 aliphatic carbocycles. The van der Waals surface area contributed by atoms with Gasteiger partial charge in [-0.05, 0) is 0 Å². The van der Waals surface area contributed by atoms with Crippen molar-refractivity contribution in [2.45, 2.75) is 18.6 Å². The summed E-state index contributed by atoms with van der Waals surface area (Å²) in [5.41, 5.74) is 4.58. The first kappa shape index (κ1) is 13.1. The lowest BCUT2D eigenvalue weighted by Gasteiger charge is -2.08. The van der Waals surface area contributed by atoms with Crippen molar-refractivity contribution in [1.29, 1.82) is 0 Å². The molecular formula is C4H7ClF3NO2. The first-order valence-corrected chi connectivity index (χ1v) is 2.38. The summed E-state index contributed by atoms with van der Waals surface area (Å²) in [5, 5.41) is 7.92. The van der Waals surface area contributed by atoms with Crippen LogP contribution in [0.25, 0.3) is 0 Å². The molecule has 0 aromatic rings. The Labute approximate surface area is 66.8 Å². The number of hydrogen-bond acceptors (Lipinski definition) is 2. The number of alkyl halides is 3. The van der Waals surface area contributed by atoms with Gasteiger partial charge in [-0.3, -0.25) is 4.79 Å². The number of rotatable bonds is 2. The van der Waals surface area contributed by atoms with E-state index in [4.69, 9.17) is 5.11 Å². The number of hydrogen-bond donors (Lipinski definition) is 2. The van der Waals surface area contributed by atoms with Gasteiger partial charge in [0, 0.05) is 0 Å². The van der Waals surface area contributed by atoms with Crippen molar-refractivity contribution in [3.63, 3.8) is 0 Å². The van der Waals surface area contributed by atoms with Crippen LogP contribution in [0.5, 0.6) is 0 Å². The summed E-state index contributed by atoms with van der Waals surface area (Å²) in [6.07, 6.45) is -5.99. The first-order valence-electron chi connectivity index (χ1n) is 2.38. The van der Waals surface area contributed by atoms with E-state index in [9.17, 15) is 18.0 Å². The van der Waals surface area contributed by atoms with E-state index in [1.54, 1.807) is 0 Å². The highest BCUT2D eigenvalue weighted by Gasteiger charge is 2.33. The Kier molecular flexibility index (Phi) is 5.25. The minimum Gasteiger partial charge on any atom is -0.480 e. The molecule has 0 saturated heterocycles. The molecule has 0 rings (SSSR count). The van der Waals surface area contributed by atoms with E-state index in [1.165, 1.54) is 0 Å². The Hall–Kier alpha value is -0.490. The maximum Gasteiger partial charge on any atom is 0.391 e. The number of carboxylic acid groups (broad SMARTS) is 1. The van der Waals surface area contributed by atoms with Gasteiger partial charge in [0.2, 0.25) is 0 Å². The maximum atomic E-state index is 11.3. The molecule has 0 unspecified atom stereocenters. The molecule has 7 heteroatoms. The molecule has 1 atom stereocenters. The number of aliphatic carboxylic acids is 1. The molecule has 0 amide bonds. The summed E-state index contributed by atoms with van der Waals surface area (Å²) in [5.74, 6) is -1.64. The second-order valence-corrected chi connectivity index (χ2v) is 1.76. The molecule has 0 aromatic carbocycles.